The summed E-state index contributed by atoms with van der Waals surface area (Å²) in [6, 6.07) is 0.0372. The Balaban J connectivity index is 3.02. The highest BCUT2D eigenvalue weighted by molar-refractivity contribution is 6.26. The molecule has 0 radical (unpaired) electrons. The zero-order chi connectivity index (χ0) is 9.23. The molecule has 3 N–H and O–H groups in total. The second kappa shape index (κ2) is 10.1. The molecule has 4 heteroatoms. The first-order valence-corrected chi connectivity index (χ1v) is 5.61. The van der Waals surface area contributed by atoms with E-state index >= 15 is 0 Å². The van der Waals surface area contributed by atoms with Crippen molar-refractivity contribution < 1.29 is 5.80 Å². The molecule has 0 rings (SSSR count). The second-order valence-electron chi connectivity index (χ2n) is 2.28. The van der Waals surface area contributed by atoms with Crippen LogP contribution in [0.2, 0.25) is 6.02 Å². The minimum atomic E-state index is -0.603. The van der Waals surface area contributed by atoms with E-state index in [9.17, 15) is 0 Å². The maximum Gasteiger partial charge on any atom is 0.161 e. The molecule has 0 aliphatic heterocycles. The van der Waals surface area contributed by atoms with Gasteiger partial charge in [0.25, 0.3) is 0 Å². The zero-order valence-corrected chi connectivity index (χ0v) is 8.72. The van der Waals surface area contributed by atoms with Gasteiger partial charge in [-0.2, -0.15) is 0 Å². The number of hydrogen-bond donors (Lipinski definition) is 2. The fourth-order valence-electron chi connectivity index (χ4n) is 0.716. The van der Waals surface area contributed by atoms with Crippen LogP contribution in [-0.2, 0) is 4.43 Å². The quantitative estimate of drug-likeness (QED) is 0.388. The first-order valence-electron chi connectivity index (χ1n) is 4.79. The van der Waals surface area contributed by atoms with Gasteiger partial charge in [0.1, 0.15) is 0 Å². The molecule has 0 aromatic rings. The molecule has 0 spiro atoms. The van der Waals surface area contributed by atoms with Gasteiger partial charge in [-0.1, -0.05) is 0 Å². The third-order valence-corrected chi connectivity index (χ3v) is 2.57. The summed E-state index contributed by atoms with van der Waals surface area (Å²) in [7, 11) is -0.603. The molecule has 3 nitrogen and oxygen atoms in total. The summed E-state index contributed by atoms with van der Waals surface area (Å²) in [6.45, 7) is 5.16. The van der Waals surface area contributed by atoms with Crippen molar-refractivity contribution >= 4 is 9.76 Å². The molecule has 0 heterocycles. The van der Waals surface area contributed by atoms with Crippen molar-refractivity contribution in [1.29, 1.82) is 0 Å². The average Bonchev–Trinajstić information content (AvgIpc) is 2.09. The van der Waals surface area contributed by atoms with Crippen molar-refractivity contribution in [3.8, 4) is 0 Å². The minimum Gasteiger partial charge on any atom is -0.424 e. The highest BCUT2D eigenvalue weighted by Gasteiger charge is 1.88. The predicted molar refractivity (Wildman–Crippen MR) is 51.5 cm³/mol. The lowest BCUT2D eigenvalue weighted by molar-refractivity contribution is 0.359. The summed E-state index contributed by atoms with van der Waals surface area (Å²) in [6.07, 6.45) is 0.895. The van der Waals surface area contributed by atoms with Gasteiger partial charge >= 0.3 is 0 Å². The topological polar surface area (TPSA) is 47.3 Å². The van der Waals surface area contributed by atoms with Gasteiger partial charge in [0.2, 0.25) is 0 Å². The van der Waals surface area contributed by atoms with Crippen molar-refractivity contribution in [2.75, 3.05) is 26.2 Å². The van der Waals surface area contributed by atoms with Crippen LogP contribution in [0.3, 0.4) is 0 Å². The predicted octanol–water partition coefficient (Wildman–Crippen LogP) is -0.537. The first-order chi connectivity index (χ1) is 5.81. The lowest BCUT2D eigenvalue weighted by atomic mass is 10.5. The van der Waals surface area contributed by atoms with Gasteiger partial charge in [-0.15, -0.1) is 0 Å². The largest absolute Gasteiger partial charge is 0.424 e. The van der Waals surface area contributed by atoms with E-state index in [0.717, 1.165) is 26.1 Å². The number of hydrogen-bond acceptors (Lipinski definition) is 3. The fraction of sp³-hybridized carbons (Fsp3) is 1.00. The summed E-state index contributed by atoms with van der Waals surface area (Å²) in [5.74, 6) is 0. The van der Waals surface area contributed by atoms with Gasteiger partial charge in [0.05, 0.1) is 0 Å². The highest BCUT2D eigenvalue weighted by atomic mass is 28.2. The molecule has 0 bridgehead atoms. The summed E-state index contributed by atoms with van der Waals surface area (Å²) in [5, 5.41) is 3.16. The molecule has 1 atom stereocenters. The molecule has 0 aliphatic rings. The van der Waals surface area contributed by atoms with Gasteiger partial charge in [-0.3, -0.25) is 0 Å². The smallest absolute Gasteiger partial charge is 0.161 e. The molecule has 11 heavy (non-hydrogen) atoms. The third-order valence-electron chi connectivity index (χ3n) is 1.29. The van der Waals surface area contributed by atoms with E-state index in [1.54, 1.807) is 0 Å². The molecule has 0 fully saturated rings. The van der Waals surface area contributed by atoms with Crippen LogP contribution < -0.4 is 11.1 Å². The summed E-state index contributed by atoms with van der Waals surface area (Å²) >= 11 is 0. The average molecular weight is 178 g/mol. The monoisotopic (exact) mass is 178 g/mol. The summed E-state index contributed by atoms with van der Waals surface area (Å²) in [5.41, 5.74) is 5.30. The van der Waals surface area contributed by atoms with Crippen molar-refractivity contribution in [1.82, 2.24) is 5.32 Å². The van der Waals surface area contributed by atoms with Gasteiger partial charge in [0, 0.05) is 21.1 Å². The van der Waals surface area contributed by atoms with E-state index in [0.29, 0.717) is 6.54 Å². The maximum atomic E-state index is 7.58. The van der Waals surface area contributed by atoms with Crippen LogP contribution in [0.25, 0.3) is 0 Å². The van der Waals surface area contributed by atoms with Crippen LogP contribution in [-0.4, -0.2) is 36.0 Å². The van der Waals surface area contributed by atoms with Crippen molar-refractivity contribution in [3.63, 3.8) is 0 Å². The Morgan fingerprint density at radius 1 is 1.64 bits per heavy atom. The standard InChI is InChI=1S/C7H20N2OSi/c1-2-10-11-7-3-5-9-6-4-8/h9H,2-8,11H2,1H3/i7T. The lowest BCUT2D eigenvalue weighted by Crippen LogP contribution is -2.23. The van der Waals surface area contributed by atoms with Gasteiger partial charge in [-0.05, 0) is 25.9 Å². The van der Waals surface area contributed by atoms with Gasteiger partial charge in [0.15, 0.2) is 9.76 Å². The highest BCUT2D eigenvalue weighted by Crippen LogP contribution is 1.86. The molecule has 0 aliphatic carbocycles. The summed E-state index contributed by atoms with van der Waals surface area (Å²) < 4.78 is 12.8. The maximum absolute atomic E-state index is 7.58. The van der Waals surface area contributed by atoms with Crippen molar-refractivity contribution in [2.24, 2.45) is 5.73 Å². The van der Waals surface area contributed by atoms with Crippen LogP contribution in [0, 0.1) is 0 Å². The van der Waals surface area contributed by atoms with Crippen molar-refractivity contribution in [3.05, 3.63) is 0 Å². The van der Waals surface area contributed by atoms with E-state index in [-0.39, 0.29) is 6.02 Å². The van der Waals surface area contributed by atoms with Crippen LogP contribution in [0.15, 0.2) is 0 Å². The summed E-state index contributed by atoms with van der Waals surface area (Å²) in [4.78, 5) is 0. The molecule has 0 aromatic carbocycles. The Hall–Kier alpha value is 0.0969. The fourth-order valence-corrected chi connectivity index (χ4v) is 1.49. The lowest BCUT2D eigenvalue weighted by Gasteiger charge is -2.02. The number of nitrogens with one attached hydrogen (secondary N) is 1. The van der Waals surface area contributed by atoms with E-state index in [2.05, 4.69) is 5.32 Å². The number of rotatable bonds is 8. The van der Waals surface area contributed by atoms with Crippen LogP contribution in [0.5, 0.6) is 0 Å². The molecule has 68 valence electrons. The van der Waals surface area contributed by atoms with E-state index in [4.69, 9.17) is 11.5 Å². The molecule has 1 unspecified atom stereocenters. The molecule has 0 amide bonds. The molecular weight excluding hydrogens is 156 g/mol. The van der Waals surface area contributed by atoms with Gasteiger partial charge < -0.3 is 15.5 Å². The molecular formula is C7H20N2OSi. The first kappa shape index (κ1) is 9.19. The van der Waals surface area contributed by atoms with Crippen LogP contribution in [0.1, 0.15) is 14.7 Å². The number of nitrogens with two attached hydrogens (primary N) is 1. The molecule has 0 saturated carbocycles. The van der Waals surface area contributed by atoms with E-state index < -0.39 is 9.76 Å². The zero-order valence-electron chi connectivity index (χ0n) is 8.31. The normalized spacial score (nSPS) is 15.6. The van der Waals surface area contributed by atoms with Crippen LogP contribution in [0.4, 0.5) is 0 Å². The SMILES string of the molecule is [3H]C(CCNCCN)[SiH2]OCC. The Morgan fingerprint density at radius 2 is 2.45 bits per heavy atom. The van der Waals surface area contributed by atoms with E-state index in [1.807, 2.05) is 6.92 Å². The Kier molecular flexibility index (Phi) is 8.43. The Morgan fingerprint density at radius 3 is 3.09 bits per heavy atom. The van der Waals surface area contributed by atoms with Crippen LogP contribution >= 0.6 is 0 Å². The minimum absolute atomic E-state index is 0.0372. The second-order valence-corrected chi connectivity index (χ2v) is 3.59. The Bertz CT molecular complexity index is 97.5. The molecule has 0 aromatic heterocycles. The van der Waals surface area contributed by atoms with Gasteiger partial charge in [-0.25, -0.2) is 0 Å². The Labute approximate surface area is 73.0 Å². The van der Waals surface area contributed by atoms with E-state index in [1.165, 1.54) is 0 Å². The third kappa shape index (κ3) is 10.1. The van der Waals surface area contributed by atoms with Crippen molar-refractivity contribution in [2.45, 2.75) is 19.4 Å². The molecule has 0 saturated heterocycles.